The van der Waals surface area contributed by atoms with Gasteiger partial charge in [-0.15, -0.1) is 0 Å². The molecule has 2 rings (SSSR count). The molecule has 21 heavy (non-hydrogen) atoms. The van der Waals surface area contributed by atoms with Crippen molar-refractivity contribution in [2.75, 3.05) is 0 Å². The second kappa shape index (κ2) is 6.54. The highest BCUT2D eigenvalue weighted by Gasteiger charge is 2.30. The highest BCUT2D eigenvalue weighted by Crippen LogP contribution is 2.30. The van der Waals surface area contributed by atoms with Crippen molar-refractivity contribution < 1.29 is 13.2 Å². The number of alkyl halides is 3. The van der Waals surface area contributed by atoms with Gasteiger partial charge in [-0.3, -0.25) is 0 Å². The van der Waals surface area contributed by atoms with E-state index in [4.69, 9.17) is 17.3 Å². The first-order valence-electron chi connectivity index (χ1n) is 6.14. The summed E-state index contributed by atoms with van der Waals surface area (Å²) in [7, 11) is 0. The summed E-state index contributed by atoms with van der Waals surface area (Å²) in [6.07, 6.45) is -4.02. The van der Waals surface area contributed by atoms with Gasteiger partial charge in [0.25, 0.3) is 0 Å². The third-order valence-corrected chi connectivity index (χ3v) is 4.65. The summed E-state index contributed by atoms with van der Waals surface area (Å²) >= 11 is 8.14. The lowest BCUT2D eigenvalue weighted by atomic mass is 9.98. The molecule has 0 spiro atoms. The van der Waals surface area contributed by atoms with Crippen LogP contribution >= 0.6 is 34.2 Å². The molecule has 2 aromatic rings. The Hall–Kier alpha value is -0.790. The molecule has 0 heterocycles. The second-order valence-electron chi connectivity index (χ2n) is 4.68. The summed E-state index contributed by atoms with van der Waals surface area (Å²) in [6.45, 7) is 0. The fourth-order valence-corrected chi connectivity index (χ4v) is 2.51. The van der Waals surface area contributed by atoms with E-state index in [0.29, 0.717) is 17.0 Å². The van der Waals surface area contributed by atoms with Crippen molar-refractivity contribution in [3.05, 3.63) is 67.7 Å². The Morgan fingerprint density at radius 3 is 2.48 bits per heavy atom. The molecule has 0 aliphatic rings. The third kappa shape index (κ3) is 4.34. The Balaban J connectivity index is 2.19. The third-order valence-electron chi connectivity index (χ3n) is 3.08. The predicted molar refractivity (Wildman–Crippen MR) is 86.2 cm³/mol. The van der Waals surface area contributed by atoms with Gasteiger partial charge in [-0.25, -0.2) is 0 Å². The number of halogens is 5. The summed E-state index contributed by atoms with van der Waals surface area (Å²) in [6, 6.07) is 10.3. The smallest absolute Gasteiger partial charge is 0.324 e. The van der Waals surface area contributed by atoms with Crippen molar-refractivity contribution in [3.63, 3.8) is 0 Å². The first-order chi connectivity index (χ1) is 9.77. The van der Waals surface area contributed by atoms with Crippen LogP contribution in [0.1, 0.15) is 22.7 Å². The largest absolute Gasteiger partial charge is 0.416 e. The van der Waals surface area contributed by atoms with E-state index < -0.39 is 17.8 Å². The molecular weight excluding hydrogens is 414 g/mol. The summed E-state index contributed by atoms with van der Waals surface area (Å²) in [5.41, 5.74) is 6.76. The van der Waals surface area contributed by atoms with Gasteiger partial charge in [-0.2, -0.15) is 13.2 Å². The number of benzene rings is 2. The molecule has 0 saturated heterocycles. The number of nitrogens with two attached hydrogens (primary N) is 1. The van der Waals surface area contributed by atoms with E-state index in [0.717, 1.165) is 21.3 Å². The van der Waals surface area contributed by atoms with E-state index in [9.17, 15) is 13.2 Å². The van der Waals surface area contributed by atoms with Gasteiger partial charge in [0.1, 0.15) is 0 Å². The van der Waals surface area contributed by atoms with Crippen molar-refractivity contribution in [1.82, 2.24) is 0 Å². The normalized spacial score (nSPS) is 13.2. The first kappa shape index (κ1) is 16.6. The van der Waals surface area contributed by atoms with Crippen molar-refractivity contribution in [1.29, 1.82) is 0 Å². The van der Waals surface area contributed by atoms with E-state index in [2.05, 4.69) is 22.6 Å². The quantitative estimate of drug-likeness (QED) is 0.672. The van der Waals surface area contributed by atoms with Crippen LogP contribution in [0.3, 0.4) is 0 Å². The number of rotatable bonds is 3. The molecule has 112 valence electrons. The summed E-state index contributed by atoms with van der Waals surface area (Å²) in [5.74, 6) is 0. The molecule has 1 unspecified atom stereocenters. The monoisotopic (exact) mass is 425 g/mol. The first-order valence-corrected chi connectivity index (χ1v) is 7.59. The minimum absolute atomic E-state index is 0.320. The Morgan fingerprint density at radius 1 is 1.14 bits per heavy atom. The van der Waals surface area contributed by atoms with E-state index >= 15 is 0 Å². The van der Waals surface area contributed by atoms with Gasteiger partial charge in [0.2, 0.25) is 0 Å². The zero-order valence-corrected chi connectivity index (χ0v) is 13.7. The molecule has 0 aromatic heterocycles. The van der Waals surface area contributed by atoms with E-state index in [1.165, 1.54) is 6.07 Å². The highest BCUT2D eigenvalue weighted by atomic mass is 127. The van der Waals surface area contributed by atoms with Gasteiger partial charge in [0.05, 0.1) is 10.6 Å². The minimum Gasteiger partial charge on any atom is -0.324 e. The van der Waals surface area contributed by atoms with Crippen molar-refractivity contribution in [3.8, 4) is 0 Å². The highest BCUT2D eigenvalue weighted by molar-refractivity contribution is 14.1. The van der Waals surface area contributed by atoms with Crippen LogP contribution in [0.25, 0.3) is 0 Å². The van der Waals surface area contributed by atoms with Gasteiger partial charge in [0, 0.05) is 9.61 Å². The van der Waals surface area contributed by atoms with Crippen LogP contribution in [0.15, 0.2) is 42.5 Å². The Morgan fingerprint density at radius 2 is 1.86 bits per heavy atom. The lowest BCUT2D eigenvalue weighted by Gasteiger charge is -2.14. The lowest BCUT2D eigenvalue weighted by Crippen LogP contribution is -2.14. The van der Waals surface area contributed by atoms with Crippen LogP contribution in [0.4, 0.5) is 13.2 Å². The molecule has 6 heteroatoms. The fourth-order valence-electron chi connectivity index (χ4n) is 1.99. The van der Waals surface area contributed by atoms with Crippen LogP contribution in [0.5, 0.6) is 0 Å². The van der Waals surface area contributed by atoms with Crippen molar-refractivity contribution in [2.24, 2.45) is 5.73 Å². The van der Waals surface area contributed by atoms with Gasteiger partial charge in [0.15, 0.2) is 0 Å². The molecule has 0 fully saturated rings. The van der Waals surface area contributed by atoms with E-state index in [1.54, 1.807) is 12.1 Å². The second-order valence-corrected chi connectivity index (χ2v) is 6.25. The predicted octanol–water partition coefficient (Wildman–Crippen LogP) is 5.21. The molecule has 2 N–H and O–H groups in total. The minimum atomic E-state index is -4.34. The number of hydrogen-bond donors (Lipinski definition) is 1. The molecular formula is C15H12ClF3IN. The molecule has 0 aliphatic heterocycles. The lowest BCUT2D eigenvalue weighted by molar-refractivity contribution is -0.137. The Bertz CT molecular complexity index is 643. The SMILES string of the molecule is NC(Cc1cccc(C(F)(F)F)c1)c1ccc(I)c(Cl)c1. The van der Waals surface area contributed by atoms with Gasteiger partial charge >= 0.3 is 6.18 Å². The van der Waals surface area contributed by atoms with Gasteiger partial charge in [-0.05, 0) is 58.3 Å². The van der Waals surface area contributed by atoms with Gasteiger partial charge < -0.3 is 5.73 Å². The molecule has 0 bridgehead atoms. The summed E-state index contributed by atoms with van der Waals surface area (Å²) < 4.78 is 38.9. The van der Waals surface area contributed by atoms with Gasteiger partial charge in [-0.1, -0.05) is 35.9 Å². The average Bonchev–Trinajstić information content (AvgIpc) is 2.41. The Kier molecular flexibility index (Phi) is 5.16. The maximum atomic E-state index is 12.7. The van der Waals surface area contributed by atoms with Crippen molar-refractivity contribution >= 4 is 34.2 Å². The average molecular weight is 426 g/mol. The van der Waals surface area contributed by atoms with E-state index in [1.807, 2.05) is 12.1 Å². The van der Waals surface area contributed by atoms with Crippen molar-refractivity contribution in [2.45, 2.75) is 18.6 Å². The van der Waals surface area contributed by atoms with Crippen LogP contribution in [-0.2, 0) is 12.6 Å². The zero-order chi connectivity index (χ0) is 15.6. The molecule has 0 amide bonds. The van der Waals surface area contributed by atoms with Crippen LogP contribution < -0.4 is 5.73 Å². The maximum Gasteiger partial charge on any atom is 0.416 e. The maximum absolute atomic E-state index is 12.7. The molecule has 2 aromatic carbocycles. The molecule has 0 aliphatic carbocycles. The van der Waals surface area contributed by atoms with Crippen LogP contribution in [0.2, 0.25) is 5.02 Å². The summed E-state index contributed by atoms with van der Waals surface area (Å²) in [5, 5.41) is 0.590. The Labute approximate surface area is 139 Å². The summed E-state index contributed by atoms with van der Waals surface area (Å²) in [4.78, 5) is 0. The molecule has 0 radical (unpaired) electrons. The fraction of sp³-hybridized carbons (Fsp3) is 0.200. The molecule has 0 saturated carbocycles. The zero-order valence-electron chi connectivity index (χ0n) is 10.8. The van der Waals surface area contributed by atoms with Crippen LogP contribution in [-0.4, -0.2) is 0 Å². The topological polar surface area (TPSA) is 26.0 Å². The number of hydrogen-bond acceptors (Lipinski definition) is 1. The molecule has 1 atom stereocenters. The van der Waals surface area contributed by atoms with E-state index in [-0.39, 0.29) is 0 Å². The molecule has 1 nitrogen and oxygen atoms in total. The standard InChI is InChI=1S/C15H12ClF3IN/c16-12-8-10(4-5-13(12)20)14(21)7-9-2-1-3-11(6-9)15(17,18)19/h1-6,8,14H,7,21H2. The van der Waals surface area contributed by atoms with Crippen LogP contribution in [0, 0.1) is 3.57 Å².